The minimum atomic E-state index is -0.683. The van der Waals surface area contributed by atoms with E-state index in [0.717, 1.165) is 0 Å². The number of aliphatic hydroxyl groups excluding tert-OH is 4. The molecule has 0 aliphatic carbocycles. The lowest BCUT2D eigenvalue weighted by Gasteiger charge is -1.97. The Morgan fingerprint density at radius 1 is 1.17 bits per heavy atom. The summed E-state index contributed by atoms with van der Waals surface area (Å²) in [5.41, 5.74) is 0. The van der Waals surface area contributed by atoms with Crippen LogP contribution in [0.2, 0.25) is 0 Å². The summed E-state index contributed by atoms with van der Waals surface area (Å²) in [7, 11) is 0. The largest absolute Gasteiger partial charge is 0.396 e. The Morgan fingerprint density at radius 3 is 1.83 bits per heavy atom. The topological polar surface area (TPSA) is 80.9 Å². The summed E-state index contributed by atoms with van der Waals surface area (Å²) >= 11 is 0. The molecule has 1 unspecified atom stereocenters. The van der Waals surface area contributed by atoms with E-state index in [2.05, 4.69) is 0 Å². The van der Waals surface area contributed by atoms with Crippen LogP contribution in [-0.4, -0.2) is 46.4 Å². The van der Waals surface area contributed by atoms with Crippen molar-refractivity contribution < 1.29 is 23.2 Å². The molecule has 0 aliphatic heterocycles. The zero-order valence-corrected chi connectivity index (χ0v) is 7.19. The van der Waals surface area contributed by atoms with Gasteiger partial charge in [-0.25, -0.2) is 0 Å². The van der Waals surface area contributed by atoms with Gasteiger partial charge in [0.15, 0.2) is 0 Å². The van der Waals surface area contributed by atoms with E-state index in [0.29, 0.717) is 6.42 Å². The predicted molar refractivity (Wildman–Crippen MR) is 46.7 cm³/mol. The molecule has 0 aliphatic rings. The van der Waals surface area contributed by atoms with Gasteiger partial charge in [0, 0.05) is 21.9 Å². The Morgan fingerprint density at radius 2 is 1.75 bits per heavy atom. The molecule has 0 radical (unpaired) electrons. The second kappa shape index (κ2) is 10.8. The van der Waals surface area contributed by atoms with E-state index >= 15 is 0 Å². The van der Waals surface area contributed by atoms with Crippen LogP contribution < -0.4 is 0 Å². The maximum Gasteiger partial charge on any atom is 0.0768 e. The third kappa shape index (κ3) is 12.5. The second-order valence-corrected chi connectivity index (χ2v) is 2.36. The van der Waals surface area contributed by atoms with Crippen LogP contribution in [0.3, 0.4) is 0 Å². The van der Waals surface area contributed by atoms with E-state index in [1.165, 1.54) is 0 Å². The van der Waals surface area contributed by atoms with Gasteiger partial charge in [0.05, 0.1) is 12.7 Å². The van der Waals surface area contributed by atoms with Gasteiger partial charge in [-0.3, -0.25) is 0 Å². The Hall–Kier alpha value is -0.160. The molecular weight excluding hydrogens is 160 g/mol. The summed E-state index contributed by atoms with van der Waals surface area (Å²) in [4.78, 5) is 0. The standard InChI is InChI=1S/2C4H10O2/c1-4(2-5)3-6;1-2-4(6)3-5/h2*4-6H,2-3H2,1H3/i2*1D. The lowest BCUT2D eigenvalue weighted by atomic mass is 10.2. The minimum Gasteiger partial charge on any atom is -0.396 e. The average Bonchev–Trinajstić information content (AvgIpc) is 2.22. The van der Waals surface area contributed by atoms with Crippen molar-refractivity contribution in [3.05, 3.63) is 0 Å². The molecule has 0 bridgehead atoms. The molecule has 0 amide bonds. The normalized spacial score (nSPS) is 14.4. The molecule has 4 N–H and O–H groups in total. The van der Waals surface area contributed by atoms with Crippen molar-refractivity contribution in [2.24, 2.45) is 5.92 Å². The van der Waals surface area contributed by atoms with Gasteiger partial charge >= 0.3 is 0 Å². The van der Waals surface area contributed by atoms with Gasteiger partial charge in [-0.1, -0.05) is 13.8 Å². The predicted octanol–water partition coefficient (Wildman–Crippen LogP) is -0.643. The van der Waals surface area contributed by atoms with Crippen LogP contribution in [0.15, 0.2) is 0 Å². The fourth-order valence-corrected chi connectivity index (χ4v) is 0.149. The van der Waals surface area contributed by atoms with Crippen molar-refractivity contribution in [2.45, 2.75) is 26.3 Å². The van der Waals surface area contributed by atoms with E-state index in [1.807, 2.05) is 0 Å². The monoisotopic (exact) mass is 182 g/mol. The van der Waals surface area contributed by atoms with E-state index in [-0.39, 0.29) is 39.5 Å². The van der Waals surface area contributed by atoms with Crippen LogP contribution >= 0.6 is 0 Å². The van der Waals surface area contributed by atoms with Crippen molar-refractivity contribution >= 4 is 0 Å². The fraction of sp³-hybridized carbons (Fsp3) is 1.00. The molecule has 4 heteroatoms. The van der Waals surface area contributed by atoms with Crippen molar-refractivity contribution in [3.63, 3.8) is 0 Å². The van der Waals surface area contributed by atoms with Gasteiger partial charge in [0.2, 0.25) is 0 Å². The molecule has 0 heterocycles. The zero-order chi connectivity index (χ0) is 11.4. The van der Waals surface area contributed by atoms with Crippen LogP contribution in [-0.2, 0) is 0 Å². The van der Waals surface area contributed by atoms with E-state index < -0.39 is 6.10 Å². The third-order valence-corrected chi connectivity index (χ3v) is 1.06. The molecule has 0 fully saturated rings. The maximum atomic E-state index is 8.49. The highest BCUT2D eigenvalue weighted by Crippen LogP contribution is 1.85. The van der Waals surface area contributed by atoms with Gasteiger partial charge in [-0.15, -0.1) is 0 Å². The van der Waals surface area contributed by atoms with Crippen molar-refractivity contribution in [3.8, 4) is 0 Å². The molecule has 1 atom stereocenters. The quantitative estimate of drug-likeness (QED) is 0.466. The zero-order valence-electron chi connectivity index (χ0n) is 9.19. The lowest BCUT2D eigenvalue weighted by Crippen LogP contribution is -2.08. The first kappa shape index (κ1) is 9.92. The number of rotatable bonds is 4. The first-order valence-corrected chi connectivity index (χ1v) is 3.75. The highest BCUT2D eigenvalue weighted by Gasteiger charge is 1.92. The van der Waals surface area contributed by atoms with Gasteiger partial charge in [0.1, 0.15) is 0 Å². The van der Waals surface area contributed by atoms with Crippen molar-refractivity contribution in [1.82, 2.24) is 0 Å². The molecule has 0 spiro atoms. The molecule has 0 aromatic heterocycles. The summed E-state index contributed by atoms with van der Waals surface area (Å²) in [6.07, 6.45) is -0.311. The first-order chi connectivity index (χ1) is 6.65. The van der Waals surface area contributed by atoms with Crippen LogP contribution in [0.5, 0.6) is 0 Å². The highest BCUT2D eigenvalue weighted by atomic mass is 16.3. The summed E-state index contributed by atoms with van der Waals surface area (Å²) < 4.78 is 13.2. The molecule has 0 aromatic carbocycles. The van der Waals surface area contributed by atoms with E-state index in [9.17, 15) is 0 Å². The third-order valence-electron chi connectivity index (χ3n) is 1.06. The Kier molecular flexibility index (Phi) is 8.97. The SMILES string of the molecule is [2H]CC(CO)CO.[2H]CCC(O)CO. The van der Waals surface area contributed by atoms with Gasteiger partial charge in [0.25, 0.3) is 0 Å². The summed E-state index contributed by atoms with van der Waals surface area (Å²) in [5, 5.41) is 33.1. The molecule has 0 saturated carbocycles. The summed E-state index contributed by atoms with van der Waals surface area (Å²) in [6, 6.07) is 0. The molecule has 12 heavy (non-hydrogen) atoms. The number of hydrogen-bond donors (Lipinski definition) is 4. The second-order valence-electron chi connectivity index (χ2n) is 2.36. The molecule has 0 aromatic rings. The number of aliphatic hydroxyl groups is 4. The molecule has 0 rings (SSSR count). The highest BCUT2D eigenvalue weighted by molar-refractivity contribution is 4.43. The Balaban J connectivity index is 0. The smallest absolute Gasteiger partial charge is 0.0768 e. The summed E-state index contributed by atoms with van der Waals surface area (Å²) in [6.45, 7) is -0.104. The lowest BCUT2D eigenvalue weighted by molar-refractivity contribution is 0.0923. The van der Waals surface area contributed by atoms with Crippen LogP contribution in [0.1, 0.15) is 23.0 Å². The van der Waals surface area contributed by atoms with Gasteiger partial charge in [-0.2, -0.15) is 0 Å². The summed E-state index contributed by atoms with van der Waals surface area (Å²) in [5.74, 6) is -0.236. The van der Waals surface area contributed by atoms with Crippen LogP contribution in [0.4, 0.5) is 0 Å². The van der Waals surface area contributed by atoms with Crippen LogP contribution in [0, 0.1) is 5.92 Å². The molecular formula is C8H20O4. The van der Waals surface area contributed by atoms with Crippen molar-refractivity contribution in [1.29, 1.82) is 0 Å². The van der Waals surface area contributed by atoms with Gasteiger partial charge in [-0.05, 0) is 6.42 Å². The Bertz CT molecular complexity index is 95.8. The van der Waals surface area contributed by atoms with Crippen molar-refractivity contribution in [2.75, 3.05) is 19.8 Å². The first-order valence-electron chi connectivity index (χ1n) is 5.16. The minimum absolute atomic E-state index is 0.0833. The average molecular weight is 182 g/mol. The molecule has 0 saturated heterocycles. The maximum absolute atomic E-state index is 8.49. The molecule has 76 valence electrons. The molecule has 4 nitrogen and oxygen atoms in total. The Labute approximate surface area is 76.3 Å². The van der Waals surface area contributed by atoms with E-state index in [1.54, 1.807) is 0 Å². The fourth-order valence-electron chi connectivity index (χ4n) is 0.149. The number of hydrogen-bond acceptors (Lipinski definition) is 4. The van der Waals surface area contributed by atoms with Crippen LogP contribution in [0.25, 0.3) is 0 Å². The van der Waals surface area contributed by atoms with E-state index in [4.69, 9.17) is 23.2 Å². The van der Waals surface area contributed by atoms with Gasteiger partial charge < -0.3 is 20.4 Å².